The summed E-state index contributed by atoms with van der Waals surface area (Å²) in [6.07, 6.45) is 0. The summed E-state index contributed by atoms with van der Waals surface area (Å²) in [4.78, 5) is 0. The minimum Gasteiger partial charge on any atom is -1.00 e. The maximum absolute atomic E-state index is 11.1. The summed E-state index contributed by atoms with van der Waals surface area (Å²) in [7, 11) is -1.50. The second-order valence-electron chi connectivity index (χ2n) is 10.2. The third-order valence-corrected chi connectivity index (χ3v) is 7.83. The summed E-state index contributed by atoms with van der Waals surface area (Å²) >= 11 is 0. The van der Waals surface area contributed by atoms with Gasteiger partial charge in [0.05, 0.1) is 0 Å². The molecule has 3 nitrogen and oxygen atoms in total. The normalized spacial score (nSPS) is 10.8. The van der Waals surface area contributed by atoms with Crippen LogP contribution in [0.1, 0.15) is 2.85 Å². The van der Waals surface area contributed by atoms with Crippen molar-refractivity contribution >= 4 is 80.4 Å². The molecule has 0 bridgehead atoms. The molecule has 0 atom stereocenters. The number of rotatable bonds is 4. The average Bonchev–Trinajstić information content (AvgIpc) is 2.99. The summed E-state index contributed by atoms with van der Waals surface area (Å²) in [6, 6.07) is 45.6. The maximum atomic E-state index is 11.1. The molecule has 0 spiro atoms. The Balaban J connectivity index is 0.00000110. The largest absolute Gasteiger partial charge is 1.00 e. The van der Waals surface area contributed by atoms with E-state index in [-0.39, 0.29) is 70.4 Å². The van der Waals surface area contributed by atoms with E-state index < -0.39 is 7.32 Å². The number of hydrogen-bond acceptors (Lipinski definition) is 3. The van der Waals surface area contributed by atoms with E-state index in [0.717, 1.165) is 53.9 Å². The molecule has 43 heavy (non-hydrogen) atoms. The van der Waals surface area contributed by atoms with Gasteiger partial charge in [-0.05, 0) is 90.3 Å². The predicted molar refractivity (Wildman–Crippen MR) is 175 cm³/mol. The van der Waals surface area contributed by atoms with E-state index in [2.05, 4.69) is 97.1 Å². The fourth-order valence-electron chi connectivity index (χ4n) is 5.97. The van der Waals surface area contributed by atoms with Gasteiger partial charge in [0.1, 0.15) is 11.5 Å². The van der Waals surface area contributed by atoms with Gasteiger partial charge < -0.3 is 17.2 Å². The van der Waals surface area contributed by atoms with Gasteiger partial charge in [0.2, 0.25) is 0 Å². The van der Waals surface area contributed by atoms with E-state index in [0.29, 0.717) is 11.5 Å². The average molecular weight is 573 g/mol. The summed E-state index contributed by atoms with van der Waals surface area (Å²) in [5.74, 6) is 1.14. The van der Waals surface area contributed by atoms with E-state index in [1.54, 1.807) is 0 Å². The fraction of sp³-hybridized carbons (Fsp3) is 0. The second-order valence-corrected chi connectivity index (χ2v) is 10.2. The molecule has 0 amide bonds. The third kappa shape index (κ3) is 5.68. The Morgan fingerprint density at radius 1 is 0.419 bits per heavy atom. The molecule has 3 radical (unpaired) electrons. The van der Waals surface area contributed by atoms with Gasteiger partial charge in [0, 0.05) is 19.2 Å². The zero-order valence-corrected chi connectivity index (χ0v) is 28.1. The Hall–Kier alpha value is -2.99. The molecule has 8 rings (SSSR count). The van der Waals surface area contributed by atoms with Crippen LogP contribution in [0.2, 0.25) is 0 Å². The first-order chi connectivity index (χ1) is 19.7. The van der Waals surface area contributed by atoms with Crippen LogP contribution in [0.3, 0.4) is 0 Å². The van der Waals surface area contributed by atoms with Gasteiger partial charge in [-0.25, -0.2) is 0 Å². The molecular formula is C36H25B2Na2O3. The first kappa shape index (κ1) is 31.4. The molecule has 0 heterocycles. The Morgan fingerprint density at radius 2 is 0.767 bits per heavy atom. The molecule has 0 aliphatic rings. The standard InChI is InChI=1S/C36H23BO3.B.2Na.2H/c38-37(39-33-13-5-11-23-15-17-29-19-25-7-1-3-9-27(25)21-31(29)35(23)33)40-34-14-6-12-24-16-18-30-20-26-8-2-4-10-28(26)22-32(30)36(24)34;;;;;/h1-22,38H;;;;;/q;;2*+1;2*-1. The van der Waals surface area contributed by atoms with Gasteiger partial charge >= 0.3 is 66.4 Å². The quantitative estimate of drug-likeness (QED) is 0.200. The number of fused-ring (bicyclic) bond motifs is 8. The van der Waals surface area contributed by atoms with Crippen molar-refractivity contribution in [3.8, 4) is 11.5 Å². The molecule has 195 valence electrons. The molecular weight excluding hydrogens is 548 g/mol. The second kappa shape index (κ2) is 12.9. The molecule has 0 aliphatic heterocycles. The molecule has 7 heteroatoms. The monoisotopic (exact) mass is 573 g/mol. The molecule has 0 saturated heterocycles. The smallest absolute Gasteiger partial charge is 1.00 e. The van der Waals surface area contributed by atoms with Crippen LogP contribution in [0.25, 0.3) is 64.6 Å². The van der Waals surface area contributed by atoms with E-state index in [1.807, 2.05) is 36.4 Å². The van der Waals surface area contributed by atoms with Crippen LogP contribution in [0.5, 0.6) is 11.5 Å². The van der Waals surface area contributed by atoms with Crippen molar-refractivity contribution in [1.29, 1.82) is 0 Å². The topological polar surface area (TPSA) is 38.7 Å². The van der Waals surface area contributed by atoms with Gasteiger partial charge in [-0.2, -0.15) is 0 Å². The zero-order chi connectivity index (χ0) is 26.6. The summed E-state index contributed by atoms with van der Waals surface area (Å²) in [5.41, 5.74) is 0. The summed E-state index contributed by atoms with van der Waals surface area (Å²) in [5, 5.41) is 24.2. The first-order valence-corrected chi connectivity index (χ1v) is 13.4. The molecule has 8 aromatic rings. The minimum absolute atomic E-state index is 0. The SMILES string of the molecule is OB(Oc1cccc2ccc3cc4ccccc4cc3c12)Oc1cccc2ccc3cc4ccccc4cc3c12.[B].[H-].[H-].[Na+].[Na+]. The Kier molecular flexibility index (Phi) is 9.46. The number of benzene rings is 8. The van der Waals surface area contributed by atoms with Crippen LogP contribution in [0.4, 0.5) is 0 Å². The fourth-order valence-corrected chi connectivity index (χ4v) is 5.97. The van der Waals surface area contributed by atoms with Crippen molar-refractivity contribution < 1.29 is 76.3 Å². The van der Waals surface area contributed by atoms with E-state index in [4.69, 9.17) is 9.31 Å². The van der Waals surface area contributed by atoms with Crippen LogP contribution in [0.15, 0.2) is 133 Å². The molecule has 8 aromatic carbocycles. The van der Waals surface area contributed by atoms with Crippen LogP contribution in [0, 0.1) is 0 Å². The Bertz CT molecular complexity index is 2120. The number of hydrogen-bond donors (Lipinski definition) is 1. The molecule has 0 unspecified atom stereocenters. The molecule has 0 fully saturated rings. The first-order valence-electron chi connectivity index (χ1n) is 13.4. The summed E-state index contributed by atoms with van der Waals surface area (Å²) in [6.45, 7) is 0. The van der Waals surface area contributed by atoms with Crippen LogP contribution < -0.4 is 68.4 Å². The molecule has 1 N–H and O–H groups in total. The van der Waals surface area contributed by atoms with Crippen LogP contribution in [-0.4, -0.2) is 20.8 Å². The van der Waals surface area contributed by atoms with Gasteiger partial charge in [0.25, 0.3) is 0 Å². The van der Waals surface area contributed by atoms with Crippen molar-refractivity contribution in [2.24, 2.45) is 0 Å². The van der Waals surface area contributed by atoms with Gasteiger partial charge in [-0.3, -0.25) is 0 Å². The predicted octanol–water partition coefficient (Wildman–Crippen LogP) is 2.89. The summed E-state index contributed by atoms with van der Waals surface area (Å²) < 4.78 is 12.2. The molecule has 0 saturated carbocycles. The van der Waals surface area contributed by atoms with Crippen molar-refractivity contribution in [2.75, 3.05) is 0 Å². The van der Waals surface area contributed by atoms with Crippen molar-refractivity contribution in [1.82, 2.24) is 0 Å². The van der Waals surface area contributed by atoms with Crippen molar-refractivity contribution in [2.45, 2.75) is 0 Å². The minimum atomic E-state index is -1.50. The van der Waals surface area contributed by atoms with Gasteiger partial charge in [-0.1, -0.05) is 97.1 Å². The van der Waals surface area contributed by atoms with Gasteiger partial charge in [0.15, 0.2) is 0 Å². The van der Waals surface area contributed by atoms with E-state index in [1.165, 1.54) is 10.8 Å². The maximum Gasteiger partial charge on any atom is 1.00 e. The van der Waals surface area contributed by atoms with E-state index in [9.17, 15) is 5.02 Å². The van der Waals surface area contributed by atoms with Gasteiger partial charge in [-0.15, -0.1) is 0 Å². The van der Waals surface area contributed by atoms with Crippen LogP contribution in [-0.2, 0) is 0 Å². The van der Waals surface area contributed by atoms with Crippen molar-refractivity contribution in [3.63, 3.8) is 0 Å². The third-order valence-electron chi connectivity index (χ3n) is 7.83. The molecule has 0 aromatic heterocycles. The van der Waals surface area contributed by atoms with Crippen molar-refractivity contribution in [3.05, 3.63) is 133 Å². The Morgan fingerprint density at radius 3 is 1.19 bits per heavy atom. The zero-order valence-electron chi connectivity index (χ0n) is 26.1. The Labute approximate surface area is 299 Å². The van der Waals surface area contributed by atoms with Crippen LogP contribution >= 0.6 is 0 Å². The van der Waals surface area contributed by atoms with E-state index >= 15 is 0 Å². The molecule has 0 aliphatic carbocycles.